The first-order chi connectivity index (χ1) is 14.8. The molecular formula is C21H21Cl2N3O4S. The lowest BCUT2D eigenvalue weighted by molar-refractivity contribution is -0.137. The van der Waals surface area contributed by atoms with Gasteiger partial charge in [-0.1, -0.05) is 23.2 Å². The van der Waals surface area contributed by atoms with Crippen molar-refractivity contribution in [3.8, 4) is 0 Å². The number of fused-ring (bicyclic) bond motifs is 2. The van der Waals surface area contributed by atoms with Gasteiger partial charge in [-0.25, -0.2) is 4.98 Å². The van der Waals surface area contributed by atoms with Crippen molar-refractivity contribution in [1.82, 2.24) is 9.55 Å². The number of hydrogen-bond acceptors (Lipinski definition) is 6. The van der Waals surface area contributed by atoms with Crippen LogP contribution in [0.4, 0.5) is 5.82 Å². The van der Waals surface area contributed by atoms with Crippen molar-refractivity contribution in [2.75, 3.05) is 25.2 Å². The van der Waals surface area contributed by atoms with E-state index in [2.05, 4.69) is 10.3 Å². The van der Waals surface area contributed by atoms with E-state index in [0.29, 0.717) is 44.1 Å². The van der Waals surface area contributed by atoms with E-state index in [9.17, 15) is 14.7 Å². The highest BCUT2D eigenvalue weighted by atomic mass is 35.5. The first kappa shape index (κ1) is 22.2. The SMILES string of the molecule is COC1CC(CNc2nc3c(cc2Cl)c(=O)c2ccc(Cl)c(SC)c2n3CC(=O)O)C1. The van der Waals surface area contributed by atoms with Crippen molar-refractivity contribution in [2.24, 2.45) is 5.92 Å². The quantitative estimate of drug-likeness (QED) is 0.378. The van der Waals surface area contributed by atoms with E-state index in [4.69, 9.17) is 27.9 Å². The molecule has 7 nitrogen and oxygen atoms in total. The number of carboxylic acid groups (broad SMARTS) is 1. The number of nitrogens with zero attached hydrogens (tertiary/aromatic N) is 2. The zero-order valence-electron chi connectivity index (χ0n) is 16.9. The molecule has 0 unspecified atom stereocenters. The van der Waals surface area contributed by atoms with Crippen molar-refractivity contribution in [3.63, 3.8) is 0 Å². The third-order valence-corrected chi connectivity index (χ3v) is 7.17. The van der Waals surface area contributed by atoms with Crippen molar-refractivity contribution in [1.29, 1.82) is 0 Å². The molecule has 0 amide bonds. The highest BCUT2D eigenvalue weighted by Gasteiger charge is 2.29. The van der Waals surface area contributed by atoms with E-state index in [1.165, 1.54) is 16.3 Å². The summed E-state index contributed by atoms with van der Waals surface area (Å²) in [6.07, 6.45) is 4.03. The minimum Gasteiger partial charge on any atom is -0.480 e. The predicted octanol–water partition coefficient (Wildman–Crippen LogP) is 4.50. The van der Waals surface area contributed by atoms with E-state index in [1.54, 1.807) is 25.3 Å². The Labute approximate surface area is 192 Å². The second-order valence-corrected chi connectivity index (χ2v) is 9.18. The van der Waals surface area contributed by atoms with Crippen LogP contribution in [0.3, 0.4) is 0 Å². The number of rotatable bonds is 7. The van der Waals surface area contributed by atoms with Gasteiger partial charge in [0, 0.05) is 19.0 Å². The summed E-state index contributed by atoms with van der Waals surface area (Å²) in [5.41, 5.74) is 0.455. The summed E-state index contributed by atoms with van der Waals surface area (Å²) in [4.78, 5) is 30.1. The molecule has 1 aromatic carbocycles. The van der Waals surface area contributed by atoms with Gasteiger partial charge in [0.25, 0.3) is 0 Å². The van der Waals surface area contributed by atoms with Gasteiger partial charge in [0.15, 0.2) is 5.43 Å². The maximum absolute atomic E-state index is 13.2. The lowest BCUT2D eigenvalue weighted by Crippen LogP contribution is -2.34. The summed E-state index contributed by atoms with van der Waals surface area (Å²) >= 11 is 14.1. The number of carboxylic acids is 1. The molecule has 2 heterocycles. The van der Waals surface area contributed by atoms with Crippen LogP contribution in [0.2, 0.25) is 10.0 Å². The van der Waals surface area contributed by atoms with E-state index in [-0.39, 0.29) is 29.1 Å². The molecule has 2 N–H and O–H groups in total. The van der Waals surface area contributed by atoms with E-state index >= 15 is 0 Å². The average Bonchev–Trinajstić information content (AvgIpc) is 2.70. The van der Waals surface area contributed by atoms with Crippen LogP contribution in [0.5, 0.6) is 0 Å². The van der Waals surface area contributed by atoms with Crippen molar-refractivity contribution >= 4 is 68.7 Å². The van der Waals surface area contributed by atoms with Crippen molar-refractivity contribution < 1.29 is 14.6 Å². The molecular weight excluding hydrogens is 461 g/mol. The molecule has 10 heteroatoms. The maximum Gasteiger partial charge on any atom is 0.323 e. The summed E-state index contributed by atoms with van der Waals surface area (Å²) in [5, 5.41) is 14.2. The van der Waals surface area contributed by atoms with E-state index < -0.39 is 5.97 Å². The molecule has 0 spiro atoms. The van der Waals surface area contributed by atoms with Crippen LogP contribution in [0.25, 0.3) is 21.9 Å². The first-order valence-electron chi connectivity index (χ1n) is 9.71. The Morgan fingerprint density at radius 1 is 1.32 bits per heavy atom. The number of aliphatic carboxylic acids is 1. The predicted molar refractivity (Wildman–Crippen MR) is 125 cm³/mol. The fraction of sp³-hybridized carbons (Fsp3) is 0.381. The summed E-state index contributed by atoms with van der Waals surface area (Å²) in [5.74, 6) is -0.191. The Balaban J connectivity index is 1.89. The molecule has 1 fully saturated rings. The second-order valence-electron chi connectivity index (χ2n) is 7.55. The molecule has 0 aliphatic heterocycles. The lowest BCUT2D eigenvalue weighted by atomic mass is 9.82. The topological polar surface area (TPSA) is 93.5 Å². The molecule has 2 aromatic heterocycles. The number of thioether (sulfide) groups is 1. The molecule has 0 atom stereocenters. The van der Waals surface area contributed by atoms with Gasteiger partial charge in [-0.2, -0.15) is 0 Å². The number of pyridine rings is 2. The highest BCUT2D eigenvalue weighted by Crippen LogP contribution is 2.35. The highest BCUT2D eigenvalue weighted by molar-refractivity contribution is 7.99. The summed E-state index contributed by atoms with van der Waals surface area (Å²) in [7, 11) is 1.71. The van der Waals surface area contributed by atoms with E-state index in [0.717, 1.165) is 12.8 Å². The van der Waals surface area contributed by atoms with Gasteiger partial charge in [0.1, 0.15) is 18.0 Å². The van der Waals surface area contributed by atoms with Crippen LogP contribution >= 0.6 is 35.0 Å². The minimum absolute atomic E-state index is 0.257. The van der Waals surface area contributed by atoms with Crippen molar-refractivity contribution in [3.05, 3.63) is 38.5 Å². The number of ether oxygens (including phenoxy) is 1. The minimum atomic E-state index is -1.05. The lowest BCUT2D eigenvalue weighted by Gasteiger charge is -2.34. The Bertz CT molecular complexity index is 1240. The Hall–Kier alpha value is -2.00. The molecule has 0 bridgehead atoms. The molecule has 31 heavy (non-hydrogen) atoms. The number of halogens is 2. The Morgan fingerprint density at radius 2 is 2.06 bits per heavy atom. The van der Waals surface area contributed by atoms with Gasteiger partial charge in [0.05, 0.1) is 31.9 Å². The van der Waals surface area contributed by atoms with Crippen LogP contribution < -0.4 is 10.7 Å². The van der Waals surface area contributed by atoms with Crippen molar-refractivity contribution in [2.45, 2.75) is 30.4 Å². The Kier molecular flexibility index (Phi) is 6.35. The third-order valence-electron chi connectivity index (χ3n) is 5.64. The smallest absolute Gasteiger partial charge is 0.323 e. The molecule has 0 saturated heterocycles. The molecule has 164 valence electrons. The molecule has 1 saturated carbocycles. The molecule has 1 aliphatic carbocycles. The third kappa shape index (κ3) is 4.09. The number of aromatic nitrogens is 2. The zero-order valence-corrected chi connectivity index (χ0v) is 19.3. The standard InChI is InChI=1S/C21H21Cl2N3O4S/c1-30-11-5-10(6-11)8-24-20-15(23)7-13-18(29)12-3-4-14(22)19(31-2)17(12)26(9-16(27)28)21(13)25-20/h3-4,7,10-11H,5-6,8-9H2,1-2H3,(H,24,25)(H,27,28). The van der Waals surface area contributed by atoms with Crippen LogP contribution in [-0.4, -0.2) is 46.6 Å². The van der Waals surface area contributed by atoms with E-state index in [1.807, 2.05) is 6.26 Å². The number of anilines is 1. The monoisotopic (exact) mass is 481 g/mol. The summed E-state index contributed by atoms with van der Waals surface area (Å²) in [6.45, 7) is 0.296. The van der Waals surface area contributed by atoms with Crippen LogP contribution in [0, 0.1) is 5.92 Å². The molecule has 4 rings (SSSR count). The second kappa shape index (κ2) is 8.86. The van der Waals surface area contributed by atoms with Gasteiger partial charge in [-0.3, -0.25) is 9.59 Å². The van der Waals surface area contributed by atoms with Gasteiger partial charge in [0.2, 0.25) is 0 Å². The number of nitrogens with one attached hydrogen (secondary N) is 1. The summed E-state index contributed by atoms with van der Waals surface area (Å²) < 4.78 is 6.84. The van der Waals surface area contributed by atoms with Crippen LogP contribution in [-0.2, 0) is 16.1 Å². The zero-order chi connectivity index (χ0) is 22.3. The largest absolute Gasteiger partial charge is 0.480 e. The van der Waals surface area contributed by atoms with Crippen LogP contribution in [0.1, 0.15) is 12.8 Å². The first-order valence-corrected chi connectivity index (χ1v) is 11.7. The number of benzene rings is 1. The number of carbonyl (C=O) groups is 1. The fourth-order valence-corrected chi connectivity index (χ4v) is 5.26. The normalized spacial score (nSPS) is 18.3. The molecule has 0 radical (unpaired) electrons. The maximum atomic E-state index is 13.2. The number of hydrogen-bond donors (Lipinski definition) is 2. The summed E-state index contributed by atoms with van der Waals surface area (Å²) in [6, 6.07) is 4.81. The molecule has 1 aliphatic rings. The van der Waals surface area contributed by atoms with Gasteiger partial charge in [-0.05, 0) is 43.2 Å². The van der Waals surface area contributed by atoms with Crippen LogP contribution in [0.15, 0.2) is 27.9 Å². The van der Waals surface area contributed by atoms with Gasteiger partial charge < -0.3 is 19.7 Å². The fourth-order valence-electron chi connectivity index (χ4n) is 3.98. The average molecular weight is 482 g/mol. The Morgan fingerprint density at radius 3 is 2.71 bits per heavy atom. The van der Waals surface area contributed by atoms with Gasteiger partial charge >= 0.3 is 5.97 Å². The number of methoxy groups -OCH3 is 1. The molecule has 3 aromatic rings. The van der Waals surface area contributed by atoms with Gasteiger partial charge in [-0.15, -0.1) is 11.8 Å².